The summed E-state index contributed by atoms with van der Waals surface area (Å²) in [6.07, 6.45) is 3.16. The van der Waals surface area contributed by atoms with Gasteiger partial charge in [0.1, 0.15) is 0 Å². The van der Waals surface area contributed by atoms with Gasteiger partial charge in [-0.3, -0.25) is 0 Å². The van der Waals surface area contributed by atoms with Gasteiger partial charge in [0.25, 0.3) is 0 Å². The predicted molar refractivity (Wildman–Crippen MR) is 76.2 cm³/mol. The van der Waals surface area contributed by atoms with Gasteiger partial charge < -0.3 is 0 Å². The number of halogens is 3. The smallest absolute Gasteiger partial charge is 0.211 e. The monoisotopic (exact) mass is 367 g/mol. The third kappa shape index (κ3) is 3.56. The van der Waals surface area contributed by atoms with E-state index in [-0.39, 0.29) is 10.8 Å². The molecule has 1 N–H and O–H groups in total. The van der Waals surface area contributed by atoms with Gasteiger partial charge in [0.2, 0.25) is 10.0 Å². The molecule has 1 aliphatic carbocycles. The minimum atomic E-state index is -3.79. The number of sulfonamides is 1. The summed E-state index contributed by atoms with van der Waals surface area (Å²) in [4.78, 5) is -0.246. The highest BCUT2D eigenvalue weighted by Crippen LogP contribution is 2.32. The lowest BCUT2D eigenvalue weighted by Crippen LogP contribution is -2.31. The van der Waals surface area contributed by atoms with Crippen molar-refractivity contribution in [2.45, 2.75) is 24.2 Å². The van der Waals surface area contributed by atoms with Crippen LogP contribution in [0.1, 0.15) is 19.3 Å². The van der Waals surface area contributed by atoms with Gasteiger partial charge in [0, 0.05) is 11.9 Å². The molecule has 1 aliphatic rings. The normalized spacial score (nSPS) is 23.1. The summed E-state index contributed by atoms with van der Waals surface area (Å²) in [5, 5.41) is 0.852. The molecule has 112 valence electrons. The molecule has 0 aromatic heterocycles. The van der Waals surface area contributed by atoms with Gasteiger partial charge in [-0.2, -0.15) is 0 Å². The van der Waals surface area contributed by atoms with Crippen molar-refractivity contribution in [3.63, 3.8) is 0 Å². The van der Waals surface area contributed by atoms with Crippen molar-refractivity contribution >= 4 is 26.0 Å². The van der Waals surface area contributed by atoms with Gasteiger partial charge in [-0.25, -0.2) is 21.9 Å². The number of nitrogens with one attached hydrogen (secondary N) is 1. The predicted octanol–water partition coefficient (Wildman–Crippen LogP) is 3.05. The standard InChI is InChI=1S/C13H16BrF2NO2S/c14-7-9-2-1-3-10(9)8-17-20(18,19)11-4-5-12(15)13(16)6-11/h4-6,9-10,17H,1-3,7-8H2. The summed E-state index contributed by atoms with van der Waals surface area (Å²) < 4.78 is 52.5. The first-order valence-electron chi connectivity index (χ1n) is 6.44. The molecule has 1 aromatic carbocycles. The van der Waals surface area contributed by atoms with Crippen LogP contribution >= 0.6 is 15.9 Å². The summed E-state index contributed by atoms with van der Waals surface area (Å²) in [5.41, 5.74) is 0. The molecule has 3 nitrogen and oxygen atoms in total. The Bertz CT molecular complexity index is 580. The van der Waals surface area contributed by atoms with Crippen LogP contribution in [0.3, 0.4) is 0 Å². The first-order chi connectivity index (χ1) is 9.44. The van der Waals surface area contributed by atoms with Crippen LogP contribution in [0.15, 0.2) is 23.1 Å². The number of hydrogen-bond donors (Lipinski definition) is 1. The van der Waals surface area contributed by atoms with E-state index < -0.39 is 21.7 Å². The quantitative estimate of drug-likeness (QED) is 0.812. The van der Waals surface area contributed by atoms with Gasteiger partial charge in [-0.15, -0.1) is 0 Å². The molecule has 2 atom stereocenters. The molecule has 0 saturated heterocycles. The second-order valence-corrected chi connectivity index (χ2v) is 7.45. The lowest BCUT2D eigenvalue weighted by atomic mass is 9.99. The van der Waals surface area contributed by atoms with E-state index in [0.717, 1.165) is 36.7 Å². The van der Waals surface area contributed by atoms with Gasteiger partial charge in [-0.05, 0) is 42.9 Å². The van der Waals surface area contributed by atoms with E-state index in [2.05, 4.69) is 20.7 Å². The fourth-order valence-electron chi connectivity index (χ4n) is 2.53. The summed E-state index contributed by atoms with van der Waals surface area (Å²) in [5.74, 6) is -1.47. The molecule has 0 bridgehead atoms. The van der Waals surface area contributed by atoms with Gasteiger partial charge >= 0.3 is 0 Å². The largest absolute Gasteiger partial charge is 0.240 e. The zero-order valence-electron chi connectivity index (χ0n) is 10.8. The van der Waals surface area contributed by atoms with E-state index in [0.29, 0.717) is 18.5 Å². The van der Waals surface area contributed by atoms with E-state index in [4.69, 9.17) is 0 Å². The van der Waals surface area contributed by atoms with Gasteiger partial charge in [-0.1, -0.05) is 22.4 Å². The van der Waals surface area contributed by atoms with Gasteiger partial charge in [0.15, 0.2) is 11.6 Å². The molecule has 0 aliphatic heterocycles. The Hall–Kier alpha value is -0.530. The molecule has 2 rings (SSSR count). The lowest BCUT2D eigenvalue weighted by molar-refractivity contribution is 0.422. The second kappa shape index (κ2) is 6.49. The van der Waals surface area contributed by atoms with Crippen LogP contribution in [0.2, 0.25) is 0 Å². The summed E-state index contributed by atoms with van der Waals surface area (Å²) in [7, 11) is -3.79. The Morgan fingerprint density at radius 3 is 2.55 bits per heavy atom. The molecule has 7 heteroatoms. The third-order valence-corrected chi connectivity index (χ3v) is 6.00. The molecule has 1 fully saturated rings. The fraction of sp³-hybridized carbons (Fsp3) is 0.538. The van der Waals surface area contributed by atoms with Crippen LogP contribution in [0.25, 0.3) is 0 Å². The molecule has 0 amide bonds. The van der Waals surface area contributed by atoms with E-state index >= 15 is 0 Å². The van der Waals surface area contributed by atoms with Crippen LogP contribution in [-0.2, 0) is 10.0 Å². The first kappa shape index (κ1) is 15.9. The van der Waals surface area contributed by atoms with Crippen molar-refractivity contribution in [1.29, 1.82) is 0 Å². The van der Waals surface area contributed by atoms with Crippen molar-refractivity contribution < 1.29 is 17.2 Å². The number of rotatable bonds is 5. The zero-order valence-corrected chi connectivity index (χ0v) is 13.2. The maximum Gasteiger partial charge on any atom is 0.240 e. The van der Waals surface area contributed by atoms with Crippen LogP contribution in [0, 0.1) is 23.5 Å². The first-order valence-corrected chi connectivity index (χ1v) is 9.05. The summed E-state index contributed by atoms with van der Waals surface area (Å²) in [6, 6.07) is 2.59. The molecule has 2 unspecified atom stereocenters. The molecular formula is C13H16BrF2NO2S. The van der Waals surface area contributed by atoms with Crippen LogP contribution < -0.4 is 4.72 Å². The van der Waals surface area contributed by atoms with E-state index in [1.54, 1.807) is 0 Å². The van der Waals surface area contributed by atoms with Crippen LogP contribution in [-0.4, -0.2) is 20.3 Å². The van der Waals surface area contributed by atoms with Crippen molar-refractivity contribution in [3.8, 4) is 0 Å². The van der Waals surface area contributed by atoms with Crippen molar-refractivity contribution in [3.05, 3.63) is 29.8 Å². The Morgan fingerprint density at radius 2 is 1.90 bits per heavy atom. The van der Waals surface area contributed by atoms with Crippen LogP contribution in [0.4, 0.5) is 8.78 Å². The number of benzene rings is 1. The van der Waals surface area contributed by atoms with Crippen molar-refractivity contribution in [2.24, 2.45) is 11.8 Å². The molecule has 1 saturated carbocycles. The maximum atomic E-state index is 13.1. The summed E-state index contributed by atoms with van der Waals surface area (Å²) >= 11 is 3.43. The molecule has 0 radical (unpaired) electrons. The topological polar surface area (TPSA) is 46.2 Å². The number of hydrogen-bond acceptors (Lipinski definition) is 2. The van der Waals surface area contributed by atoms with Crippen molar-refractivity contribution in [2.75, 3.05) is 11.9 Å². The average molecular weight is 368 g/mol. The van der Waals surface area contributed by atoms with Crippen molar-refractivity contribution in [1.82, 2.24) is 4.72 Å². The third-order valence-electron chi connectivity index (χ3n) is 3.75. The maximum absolute atomic E-state index is 13.1. The highest BCUT2D eigenvalue weighted by molar-refractivity contribution is 9.09. The van der Waals surface area contributed by atoms with Gasteiger partial charge in [0.05, 0.1) is 4.90 Å². The molecule has 0 spiro atoms. The minimum Gasteiger partial charge on any atom is -0.211 e. The number of alkyl halides is 1. The Balaban J connectivity index is 2.05. The lowest BCUT2D eigenvalue weighted by Gasteiger charge is -2.17. The van der Waals surface area contributed by atoms with E-state index in [1.165, 1.54) is 0 Å². The second-order valence-electron chi connectivity index (χ2n) is 5.03. The Kier molecular flexibility index (Phi) is 5.14. The van der Waals surface area contributed by atoms with E-state index in [1.807, 2.05) is 0 Å². The highest BCUT2D eigenvalue weighted by atomic mass is 79.9. The highest BCUT2D eigenvalue weighted by Gasteiger charge is 2.28. The molecule has 0 heterocycles. The van der Waals surface area contributed by atoms with E-state index in [9.17, 15) is 17.2 Å². The Labute approximate surface area is 125 Å². The average Bonchev–Trinajstić information content (AvgIpc) is 2.87. The SMILES string of the molecule is O=S(=O)(NCC1CCCC1CBr)c1ccc(F)c(F)c1. The molecular weight excluding hydrogens is 352 g/mol. The Morgan fingerprint density at radius 1 is 1.20 bits per heavy atom. The fourth-order valence-corrected chi connectivity index (χ4v) is 4.49. The van der Waals surface area contributed by atoms with Crippen LogP contribution in [0.5, 0.6) is 0 Å². The summed E-state index contributed by atoms with van der Waals surface area (Å²) in [6.45, 7) is 0.331. The minimum absolute atomic E-state index is 0.246. The molecule has 20 heavy (non-hydrogen) atoms. The zero-order chi connectivity index (χ0) is 14.8. The molecule has 1 aromatic rings.